The standard InChI is InChI=1S/C25H29FN4O2/c1-4-29(25(31)32-3)17-23-22-16-28(15-19-7-9-20(26)10-8-19)14-13-24(22)30(27-23)21-11-5-18(2)6-12-21/h5-12H,4,13-17H2,1-3H3. The number of methoxy groups -OCH3 is 1. The molecular weight excluding hydrogens is 407 g/mol. The van der Waals surface area contributed by atoms with E-state index in [4.69, 9.17) is 9.84 Å². The maximum atomic E-state index is 13.3. The molecule has 0 fully saturated rings. The summed E-state index contributed by atoms with van der Waals surface area (Å²) >= 11 is 0. The van der Waals surface area contributed by atoms with Crippen molar-refractivity contribution < 1.29 is 13.9 Å². The average molecular weight is 437 g/mol. The van der Waals surface area contributed by atoms with Crippen molar-refractivity contribution in [2.24, 2.45) is 0 Å². The van der Waals surface area contributed by atoms with Crippen LogP contribution in [0.2, 0.25) is 0 Å². The van der Waals surface area contributed by atoms with Crippen molar-refractivity contribution in [1.29, 1.82) is 0 Å². The Morgan fingerprint density at radius 1 is 1.16 bits per heavy atom. The number of benzene rings is 2. The topological polar surface area (TPSA) is 50.6 Å². The highest BCUT2D eigenvalue weighted by molar-refractivity contribution is 5.67. The molecule has 0 saturated heterocycles. The monoisotopic (exact) mass is 436 g/mol. The molecular formula is C25H29FN4O2. The van der Waals surface area contributed by atoms with Gasteiger partial charge in [0.2, 0.25) is 0 Å². The SMILES string of the molecule is CCN(Cc1nn(-c2ccc(C)cc2)c2c1CN(Cc1ccc(F)cc1)CC2)C(=O)OC. The molecule has 6 nitrogen and oxygen atoms in total. The summed E-state index contributed by atoms with van der Waals surface area (Å²) < 4.78 is 20.3. The van der Waals surface area contributed by atoms with Crippen molar-refractivity contribution in [3.8, 4) is 5.69 Å². The number of ether oxygens (including phenoxy) is 1. The van der Waals surface area contributed by atoms with Crippen LogP contribution in [0.5, 0.6) is 0 Å². The molecule has 0 spiro atoms. The predicted octanol–water partition coefficient (Wildman–Crippen LogP) is 4.47. The zero-order chi connectivity index (χ0) is 22.7. The molecule has 1 aliphatic rings. The summed E-state index contributed by atoms with van der Waals surface area (Å²) in [6.07, 6.45) is 0.493. The molecule has 168 valence electrons. The largest absolute Gasteiger partial charge is 0.453 e. The summed E-state index contributed by atoms with van der Waals surface area (Å²) in [7, 11) is 1.40. The first-order valence-electron chi connectivity index (χ1n) is 10.9. The lowest BCUT2D eigenvalue weighted by Crippen LogP contribution is -2.33. The van der Waals surface area contributed by atoms with E-state index < -0.39 is 0 Å². The number of carbonyl (C=O) groups is 1. The van der Waals surface area contributed by atoms with E-state index in [1.807, 2.05) is 23.7 Å². The number of amides is 1. The Morgan fingerprint density at radius 3 is 2.53 bits per heavy atom. The van der Waals surface area contributed by atoms with E-state index in [-0.39, 0.29) is 11.9 Å². The zero-order valence-corrected chi connectivity index (χ0v) is 18.8. The van der Waals surface area contributed by atoms with Crippen LogP contribution in [0.15, 0.2) is 48.5 Å². The van der Waals surface area contributed by atoms with E-state index >= 15 is 0 Å². The Bertz CT molecular complexity index is 1080. The molecule has 3 aromatic rings. The molecule has 4 rings (SSSR count). The summed E-state index contributed by atoms with van der Waals surface area (Å²) in [5.74, 6) is -0.223. The second kappa shape index (κ2) is 9.53. The second-order valence-electron chi connectivity index (χ2n) is 8.19. The summed E-state index contributed by atoms with van der Waals surface area (Å²) in [6.45, 7) is 7.29. The number of halogens is 1. The first-order chi connectivity index (χ1) is 15.5. The first-order valence-corrected chi connectivity index (χ1v) is 10.9. The first kappa shape index (κ1) is 22.0. The van der Waals surface area contributed by atoms with Crippen LogP contribution in [-0.4, -0.2) is 45.9 Å². The Hall–Kier alpha value is -3.19. The van der Waals surface area contributed by atoms with Gasteiger partial charge in [-0.1, -0.05) is 29.8 Å². The number of carbonyl (C=O) groups excluding carboxylic acids is 1. The predicted molar refractivity (Wildman–Crippen MR) is 121 cm³/mol. The van der Waals surface area contributed by atoms with Gasteiger partial charge in [0.05, 0.1) is 30.7 Å². The number of nitrogens with zero attached hydrogens (tertiary/aromatic N) is 4. The van der Waals surface area contributed by atoms with E-state index in [0.29, 0.717) is 13.1 Å². The second-order valence-corrected chi connectivity index (χ2v) is 8.19. The van der Waals surface area contributed by atoms with Crippen LogP contribution in [0, 0.1) is 12.7 Å². The fourth-order valence-electron chi connectivity index (χ4n) is 4.17. The van der Waals surface area contributed by atoms with Gasteiger partial charge in [-0.2, -0.15) is 5.10 Å². The highest BCUT2D eigenvalue weighted by Gasteiger charge is 2.27. The van der Waals surface area contributed by atoms with Gasteiger partial charge in [0, 0.05) is 38.2 Å². The van der Waals surface area contributed by atoms with Crippen molar-refractivity contribution >= 4 is 6.09 Å². The van der Waals surface area contributed by atoms with E-state index in [9.17, 15) is 9.18 Å². The maximum Gasteiger partial charge on any atom is 0.409 e. The molecule has 2 aromatic carbocycles. The molecule has 0 aliphatic carbocycles. The van der Waals surface area contributed by atoms with Crippen molar-refractivity contribution in [3.63, 3.8) is 0 Å². The van der Waals surface area contributed by atoms with Gasteiger partial charge in [0.15, 0.2) is 0 Å². The number of fused-ring (bicyclic) bond motifs is 1. The van der Waals surface area contributed by atoms with E-state index in [0.717, 1.165) is 48.6 Å². The van der Waals surface area contributed by atoms with Crippen molar-refractivity contribution in [1.82, 2.24) is 19.6 Å². The quantitative estimate of drug-likeness (QED) is 0.572. The number of hydrogen-bond acceptors (Lipinski definition) is 4. The summed E-state index contributed by atoms with van der Waals surface area (Å²) in [6, 6.07) is 15.0. The van der Waals surface area contributed by atoms with Gasteiger partial charge < -0.3 is 9.64 Å². The highest BCUT2D eigenvalue weighted by Crippen LogP contribution is 2.27. The van der Waals surface area contributed by atoms with Gasteiger partial charge in [-0.25, -0.2) is 13.9 Å². The van der Waals surface area contributed by atoms with Crippen LogP contribution >= 0.6 is 0 Å². The van der Waals surface area contributed by atoms with Crippen LogP contribution in [0.3, 0.4) is 0 Å². The number of aromatic nitrogens is 2. The third kappa shape index (κ3) is 4.67. The summed E-state index contributed by atoms with van der Waals surface area (Å²) in [5.41, 5.74) is 6.51. The molecule has 1 amide bonds. The Kier molecular flexibility index (Phi) is 6.55. The minimum Gasteiger partial charge on any atom is -0.453 e. The Labute approximate surface area is 188 Å². The summed E-state index contributed by atoms with van der Waals surface area (Å²) in [4.78, 5) is 16.2. The van der Waals surface area contributed by atoms with Gasteiger partial charge >= 0.3 is 6.09 Å². The third-order valence-electron chi connectivity index (χ3n) is 5.97. The fourth-order valence-corrected chi connectivity index (χ4v) is 4.17. The Balaban J connectivity index is 1.66. The zero-order valence-electron chi connectivity index (χ0n) is 18.8. The minimum absolute atomic E-state index is 0.223. The molecule has 32 heavy (non-hydrogen) atoms. The van der Waals surface area contributed by atoms with Gasteiger partial charge in [-0.3, -0.25) is 4.90 Å². The number of rotatable bonds is 6. The molecule has 0 bridgehead atoms. The van der Waals surface area contributed by atoms with Crippen LogP contribution < -0.4 is 0 Å². The average Bonchev–Trinajstić information content (AvgIpc) is 3.16. The molecule has 0 N–H and O–H groups in total. The smallest absolute Gasteiger partial charge is 0.409 e. The maximum absolute atomic E-state index is 13.3. The molecule has 0 atom stereocenters. The fraction of sp³-hybridized carbons (Fsp3) is 0.360. The van der Waals surface area contributed by atoms with Crippen LogP contribution in [-0.2, 0) is 30.8 Å². The highest BCUT2D eigenvalue weighted by atomic mass is 19.1. The third-order valence-corrected chi connectivity index (χ3v) is 5.97. The lowest BCUT2D eigenvalue weighted by Gasteiger charge is -2.28. The van der Waals surface area contributed by atoms with E-state index in [1.54, 1.807) is 4.90 Å². The lowest BCUT2D eigenvalue weighted by atomic mass is 10.0. The van der Waals surface area contributed by atoms with Crippen molar-refractivity contribution in [2.45, 2.75) is 39.9 Å². The molecule has 0 radical (unpaired) electrons. The molecule has 1 aliphatic heterocycles. The molecule has 2 heterocycles. The normalized spacial score (nSPS) is 13.6. The molecule has 1 aromatic heterocycles. The van der Waals surface area contributed by atoms with Crippen molar-refractivity contribution in [2.75, 3.05) is 20.2 Å². The van der Waals surface area contributed by atoms with E-state index in [1.165, 1.54) is 30.5 Å². The van der Waals surface area contributed by atoms with Gasteiger partial charge in [0.1, 0.15) is 5.82 Å². The lowest BCUT2D eigenvalue weighted by molar-refractivity contribution is 0.122. The number of hydrogen-bond donors (Lipinski definition) is 0. The summed E-state index contributed by atoms with van der Waals surface area (Å²) in [5, 5.41) is 4.94. The van der Waals surface area contributed by atoms with Gasteiger partial charge in [0.25, 0.3) is 0 Å². The molecule has 7 heteroatoms. The van der Waals surface area contributed by atoms with Gasteiger partial charge in [-0.05, 0) is 43.7 Å². The van der Waals surface area contributed by atoms with Gasteiger partial charge in [-0.15, -0.1) is 0 Å². The molecule has 0 unspecified atom stereocenters. The Morgan fingerprint density at radius 2 is 1.88 bits per heavy atom. The van der Waals surface area contributed by atoms with Crippen LogP contribution in [0.4, 0.5) is 9.18 Å². The van der Waals surface area contributed by atoms with E-state index in [2.05, 4.69) is 36.1 Å². The van der Waals surface area contributed by atoms with Crippen molar-refractivity contribution in [3.05, 3.63) is 82.4 Å². The number of aryl methyl sites for hydroxylation is 1. The van der Waals surface area contributed by atoms with Crippen LogP contribution in [0.25, 0.3) is 5.69 Å². The van der Waals surface area contributed by atoms with Crippen LogP contribution in [0.1, 0.15) is 35.0 Å². The minimum atomic E-state index is -0.356. The molecule has 0 saturated carbocycles.